The Labute approximate surface area is 127 Å². The molecule has 1 nitrogen and oxygen atoms in total. The van der Waals surface area contributed by atoms with E-state index in [0.29, 0.717) is 11.9 Å². The number of benzene rings is 2. The molecule has 0 fully saturated rings. The normalized spacial score (nSPS) is 12.3. The highest BCUT2D eigenvalue weighted by Crippen LogP contribution is 2.20. The summed E-state index contributed by atoms with van der Waals surface area (Å²) in [6, 6.07) is 16.9. The van der Waals surface area contributed by atoms with E-state index in [9.17, 15) is 4.39 Å². The van der Waals surface area contributed by atoms with Crippen LogP contribution in [0.25, 0.3) is 0 Å². The zero-order valence-corrected chi connectivity index (χ0v) is 12.9. The number of halogens is 2. The Hall–Kier alpha value is -1.19. The maximum absolute atomic E-state index is 12.9. The van der Waals surface area contributed by atoms with Crippen molar-refractivity contribution < 1.29 is 9.13 Å². The molecule has 2 aromatic carbocycles. The minimum atomic E-state index is -0.217. The van der Waals surface area contributed by atoms with E-state index in [1.807, 2.05) is 6.07 Å². The smallest absolute Gasteiger partial charge is 0.123 e. The molecular formula is C17H18BrFO. The number of hydrogen-bond acceptors (Lipinski definition) is 1. The number of ether oxygens (including phenoxy) is 1. The first kappa shape index (κ1) is 15.2. The van der Waals surface area contributed by atoms with E-state index in [1.165, 1.54) is 17.7 Å². The molecule has 0 saturated heterocycles. The molecule has 0 heterocycles. The van der Waals surface area contributed by atoms with E-state index in [-0.39, 0.29) is 11.9 Å². The largest absolute Gasteiger partial charge is 0.373 e. The zero-order chi connectivity index (χ0) is 14.2. The number of alkyl halides is 1. The van der Waals surface area contributed by atoms with Gasteiger partial charge in [0.05, 0.1) is 6.10 Å². The summed E-state index contributed by atoms with van der Waals surface area (Å²) < 4.78 is 18.8. The van der Waals surface area contributed by atoms with Crippen LogP contribution in [0.4, 0.5) is 4.39 Å². The van der Waals surface area contributed by atoms with E-state index < -0.39 is 0 Å². The molecule has 3 heteroatoms. The van der Waals surface area contributed by atoms with Crippen LogP contribution in [0, 0.1) is 5.82 Å². The SMILES string of the molecule is Fc1ccc(C(CBr)OCCCc2ccccc2)cc1. The average molecular weight is 337 g/mol. The quantitative estimate of drug-likeness (QED) is 0.515. The Kier molecular flexibility index (Phi) is 6.22. The molecule has 106 valence electrons. The van der Waals surface area contributed by atoms with Crippen LogP contribution in [-0.2, 0) is 11.2 Å². The van der Waals surface area contributed by atoms with Gasteiger partial charge in [-0.25, -0.2) is 4.39 Å². The van der Waals surface area contributed by atoms with Crippen molar-refractivity contribution in [1.29, 1.82) is 0 Å². The van der Waals surface area contributed by atoms with Gasteiger partial charge in [-0.15, -0.1) is 0 Å². The third-order valence-corrected chi connectivity index (χ3v) is 3.74. The molecule has 0 spiro atoms. The second kappa shape index (κ2) is 8.18. The zero-order valence-electron chi connectivity index (χ0n) is 11.3. The summed E-state index contributed by atoms with van der Waals surface area (Å²) in [6.45, 7) is 0.697. The van der Waals surface area contributed by atoms with Crippen LogP contribution in [0.5, 0.6) is 0 Å². The minimum absolute atomic E-state index is 0.0219. The van der Waals surface area contributed by atoms with Gasteiger partial charge in [-0.3, -0.25) is 0 Å². The van der Waals surface area contributed by atoms with Crippen LogP contribution >= 0.6 is 15.9 Å². The minimum Gasteiger partial charge on any atom is -0.373 e. The Morgan fingerprint density at radius 3 is 2.35 bits per heavy atom. The molecule has 1 unspecified atom stereocenters. The average Bonchev–Trinajstić information content (AvgIpc) is 2.50. The van der Waals surface area contributed by atoms with Crippen molar-refractivity contribution in [3.8, 4) is 0 Å². The molecule has 2 aromatic rings. The van der Waals surface area contributed by atoms with Gasteiger partial charge >= 0.3 is 0 Å². The van der Waals surface area contributed by atoms with Crippen molar-refractivity contribution in [3.63, 3.8) is 0 Å². The van der Waals surface area contributed by atoms with Crippen LogP contribution in [0.3, 0.4) is 0 Å². The first-order chi connectivity index (χ1) is 9.79. The topological polar surface area (TPSA) is 9.23 Å². The molecule has 0 aliphatic rings. The van der Waals surface area contributed by atoms with Gasteiger partial charge in [0.25, 0.3) is 0 Å². The van der Waals surface area contributed by atoms with E-state index in [2.05, 4.69) is 40.2 Å². The van der Waals surface area contributed by atoms with Crippen molar-refractivity contribution in [2.24, 2.45) is 0 Å². The molecule has 1 atom stereocenters. The summed E-state index contributed by atoms with van der Waals surface area (Å²) in [6.07, 6.45) is 1.97. The fourth-order valence-corrected chi connectivity index (χ4v) is 2.61. The van der Waals surface area contributed by atoms with Crippen molar-refractivity contribution in [2.45, 2.75) is 18.9 Å². The third kappa shape index (κ3) is 4.73. The van der Waals surface area contributed by atoms with E-state index in [1.54, 1.807) is 12.1 Å². The van der Waals surface area contributed by atoms with Crippen LogP contribution in [0.2, 0.25) is 0 Å². The summed E-state index contributed by atoms with van der Waals surface area (Å²) in [4.78, 5) is 0. The second-order valence-electron chi connectivity index (χ2n) is 4.65. The highest BCUT2D eigenvalue weighted by molar-refractivity contribution is 9.09. The second-order valence-corrected chi connectivity index (χ2v) is 5.30. The standard InChI is InChI=1S/C17H18BrFO/c18-13-17(15-8-10-16(19)11-9-15)20-12-4-7-14-5-2-1-3-6-14/h1-3,5-6,8-11,17H,4,7,12-13H2. The number of hydrogen-bond donors (Lipinski definition) is 0. The van der Waals surface area contributed by atoms with Gasteiger partial charge in [-0.2, -0.15) is 0 Å². The molecule has 0 bridgehead atoms. The predicted molar refractivity (Wildman–Crippen MR) is 83.7 cm³/mol. The maximum atomic E-state index is 12.9. The molecule has 20 heavy (non-hydrogen) atoms. The molecule has 0 amide bonds. The highest BCUT2D eigenvalue weighted by Gasteiger charge is 2.10. The summed E-state index contributed by atoms with van der Waals surface area (Å²) >= 11 is 3.45. The van der Waals surface area contributed by atoms with Gasteiger partial charge < -0.3 is 4.74 Å². The molecule has 2 rings (SSSR count). The Morgan fingerprint density at radius 2 is 1.70 bits per heavy atom. The van der Waals surface area contributed by atoms with E-state index in [4.69, 9.17) is 4.74 Å². The highest BCUT2D eigenvalue weighted by atomic mass is 79.9. The lowest BCUT2D eigenvalue weighted by atomic mass is 10.1. The first-order valence-corrected chi connectivity index (χ1v) is 7.88. The Morgan fingerprint density at radius 1 is 1.00 bits per heavy atom. The summed E-state index contributed by atoms with van der Waals surface area (Å²) in [5.41, 5.74) is 2.33. The predicted octanol–water partition coefficient (Wildman–Crippen LogP) is 4.91. The van der Waals surface area contributed by atoms with E-state index in [0.717, 1.165) is 18.4 Å². The van der Waals surface area contributed by atoms with Gasteiger partial charge in [0.1, 0.15) is 5.82 Å². The van der Waals surface area contributed by atoms with Crippen molar-refractivity contribution in [2.75, 3.05) is 11.9 Å². The van der Waals surface area contributed by atoms with E-state index >= 15 is 0 Å². The van der Waals surface area contributed by atoms with Gasteiger partial charge in [0, 0.05) is 11.9 Å². The fraction of sp³-hybridized carbons (Fsp3) is 0.294. The lowest BCUT2D eigenvalue weighted by Gasteiger charge is -2.15. The molecule has 0 aromatic heterocycles. The van der Waals surface area contributed by atoms with Crippen molar-refractivity contribution >= 4 is 15.9 Å². The van der Waals surface area contributed by atoms with Gasteiger partial charge in [-0.05, 0) is 36.1 Å². The van der Waals surface area contributed by atoms with Gasteiger partial charge in [0.15, 0.2) is 0 Å². The molecule has 0 aliphatic carbocycles. The maximum Gasteiger partial charge on any atom is 0.123 e. The van der Waals surface area contributed by atoms with Gasteiger partial charge in [-0.1, -0.05) is 58.4 Å². The van der Waals surface area contributed by atoms with Gasteiger partial charge in [0.2, 0.25) is 0 Å². The number of rotatable bonds is 7. The van der Waals surface area contributed by atoms with Crippen molar-refractivity contribution in [3.05, 3.63) is 71.5 Å². The van der Waals surface area contributed by atoms with Crippen LogP contribution in [-0.4, -0.2) is 11.9 Å². The van der Waals surface area contributed by atoms with Crippen molar-refractivity contribution in [1.82, 2.24) is 0 Å². The van der Waals surface area contributed by atoms with Crippen LogP contribution in [0.1, 0.15) is 23.7 Å². The molecule has 0 N–H and O–H groups in total. The lowest BCUT2D eigenvalue weighted by molar-refractivity contribution is 0.0682. The fourth-order valence-electron chi connectivity index (χ4n) is 2.05. The Balaban J connectivity index is 1.78. The summed E-state index contributed by atoms with van der Waals surface area (Å²) in [5, 5.41) is 0.712. The lowest BCUT2D eigenvalue weighted by Crippen LogP contribution is -2.07. The monoisotopic (exact) mass is 336 g/mol. The summed E-state index contributed by atoms with van der Waals surface area (Å²) in [5.74, 6) is -0.217. The molecule has 0 radical (unpaired) electrons. The first-order valence-electron chi connectivity index (χ1n) is 6.76. The molecule has 0 aliphatic heterocycles. The summed E-state index contributed by atoms with van der Waals surface area (Å²) in [7, 11) is 0. The molecular weight excluding hydrogens is 319 g/mol. The third-order valence-electron chi connectivity index (χ3n) is 3.15. The van der Waals surface area contributed by atoms with Crippen LogP contribution < -0.4 is 0 Å². The number of aryl methyl sites for hydroxylation is 1. The Bertz CT molecular complexity index is 498. The molecule has 0 saturated carbocycles. The van der Waals surface area contributed by atoms with Crippen LogP contribution in [0.15, 0.2) is 54.6 Å².